The lowest BCUT2D eigenvalue weighted by atomic mass is 9.91. The monoisotopic (exact) mass is 648 g/mol. The van der Waals surface area contributed by atoms with E-state index in [0.29, 0.717) is 11.6 Å². The molecule has 3 aromatic rings. The summed E-state index contributed by atoms with van der Waals surface area (Å²) in [4.78, 5) is 41.9. The number of aromatic nitrogens is 2. The molecule has 3 aliphatic rings. The van der Waals surface area contributed by atoms with Gasteiger partial charge in [-0.1, -0.05) is 12.1 Å². The molecule has 1 unspecified atom stereocenters. The van der Waals surface area contributed by atoms with Gasteiger partial charge in [0.15, 0.2) is 0 Å². The highest BCUT2D eigenvalue weighted by molar-refractivity contribution is 6.00. The lowest BCUT2D eigenvalue weighted by molar-refractivity contribution is -0.170. The van der Waals surface area contributed by atoms with Crippen molar-refractivity contribution in [3.05, 3.63) is 65.4 Å². The maximum Gasteiger partial charge on any atom is 0.471 e. The SMILES string of the molecule is CN1CCN(c2ccc(Nc3ncc4c(n3)N(C)C(=O)N(C3CCN(C(=O)C(F)(F)F)c5c3cccc5C(F)(F)F)C4)cc2)CC1. The maximum atomic E-state index is 14.0. The third kappa shape index (κ3) is 5.88. The van der Waals surface area contributed by atoms with Gasteiger partial charge in [-0.05, 0) is 49.4 Å². The number of alkyl halides is 6. The van der Waals surface area contributed by atoms with Crippen LogP contribution in [0.5, 0.6) is 0 Å². The van der Waals surface area contributed by atoms with Crippen molar-refractivity contribution >= 4 is 40.8 Å². The zero-order valence-corrected chi connectivity index (χ0v) is 24.9. The first kappa shape index (κ1) is 31.4. The van der Waals surface area contributed by atoms with Crippen molar-refractivity contribution < 1.29 is 35.9 Å². The van der Waals surface area contributed by atoms with E-state index in [1.54, 1.807) is 0 Å². The first-order chi connectivity index (χ1) is 21.7. The Hall–Kier alpha value is -4.60. The van der Waals surface area contributed by atoms with Crippen LogP contribution in [0.1, 0.15) is 29.2 Å². The predicted molar refractivity (Wildman–Crippen MR) is 158 cm³/mol. The molecule has 0 spiro atoms. The molecule has 1 saturated heterocycles. The normalized spacial score (nSPS) is 19.2. The number of likely N-dealkylation sites (N-methyl/N-ethyl adjacent to an activating group) is 1. The summed E-state index contributed by atoms with van der Waals surface area (Å²) < 4.78 is 82.2. The van der Waals surface area contributed by atoms with Crippen LogP contribution in [-0.2, 0) is 17.5 Å². The number of hydrogen-bond donors (Lipinski definition) is 1. The lowest BCUT2D eigenvalue weighted by Crippen LogP contribution is -2.51. The minimum absolute atomic E-state index is 0.105. The molecule has 1 atom stereocenters. The Balaban J connectivity index is 1.25. The maximum absolute atomic E-state index is 14.0. The summed E-state index contributed by atoms with van der Waals surface area (Å²) in [6.45, 7) is 3.03. The van der Waals surface area contributed by atoms with Crippen LogP contribution >= 0.6 is 0 Å². The first-order valence-electron chi connectivity index (χ1n) is 14.5. The van der Waals surface area contributed by atoms with Gasteiger partial charge in [0, 0.05) is 62.9 Å². The molecule has 1 fully saturated rings. The summed E-state index contributed by atoms with van der Waals surface area (Å²) in [6.07, 6.45) is -9.16. The number of carbonyl (C=O) groups excluding carboxylic acids is 2. The van der Waals surface area contributed by atoms with Crippen LogP contribution in [0.4, 0.5) is 60.0 Å². The number of hydrogen-bond acceptors (Lipinski definition) is 7. The fraction of sp³-hybridized carbons (Fsp3) is 0.400. The fourth-order valence-electron chi connectivity index (χ4n) is 6.15. The standard InChI is InChI=1S/C30H30F6N8O2/c1-40-12-14-42(15-13-40)20-8-6-19(7-9-20)38-27-37-16-18-17-44(28(46)41(2)25(18)39-27)23-10-11-43(26(45)30(34,35)36)24-21(23)4-3-5-22(24)29(31,32)33/h3-9,16,23H,10-15,17H2,1-2H3,(H,37,38,39). The number of piperazine rings is 1. The Morgan fingerprint density at radius 2 is 1.63 bits per heavy atom. The fourth-order valence-corrected chi connectivity index (χ4v) is 6.15. The molecule has 3 amide bonds. The number of carbonyl (C=O) groups is 2. The topological polar surface area (TPSA) is 88.1 Å². The highest BCUT2D eigenvalue weighted by Crippen LogP contribution is 2.47. The van der Waals surface area contributed by atoms with Gasteiger partial charge in [0.2, 0.25) is 5.95 Å². The van der Waals surface area contributed by atoms with Gasteiger partial charge in [0.05, 0.1) is 23.8 Å². The van der Waals surface area contributed by atoms with E-state index in [4.69, 9.17) is 0 Å². The second-order valence-corrected chi connectivity index (χ2v) is 11.5. The summed E-state index contributed by atoms with van der Waals surface area (Å²) in [5, 5.41) is 3.13. The number of nitrogens with zero attached hydrogens (tertiary/aromatic N) is 7. The van der Waals surface area contributed by atoms with E-state index >= 15 is 0 Å². The second-order valence-electron chi connectivity index (χ2n) is 11.5. The molecule has 16 heteroatoms. The minimum Gasteiger partial charge on any atom is -0.369 e. The zero-order chi connectivity index (χ0) is 33.0. The summed E-state index contributed by atoms with van der Waals surface area (Å²) >= 11 is 0. The number of nitrogens with one attached hydrogen (secondary N) is 1. The van der Waals surface area contributed by atoms with E-state index < -0.39 is 48.1 Å². The van der Waals surface area contributed by atoms with Gasteiger partial charge >= 0.3 is 24.3 Å². The van der Waals surface area contributed by atoms with Gasteiger partial charge in [-0.3, -0.25) is 9.69 Å². The molecule has 2 aromatic carbocycles. The zero-order valence-electron chi connectivity index (χ0n) is 24.9. The van der Waals surface area contributed by atoms with Gasteiger partial charge < -0.3 is 24.9 Å². The number of fused-ring (bicyclic) bond motifs is 2. The third-order valence-corrected chi connectivity index (χ3v) is 8.52. The number of benzene rings is 2. The number of urea groups is 1. The molecule has 4 heterocycles. The Labute approximate surface area is 260 Å². The van der Waals surface area contributed by atoms with Gasteiger partial charge in [-0.25, -0.2) is 9.78 Å². The highest BCUT2D eigenvalue weighted by atomic mass is 19.4. The van der Waals surface area contributed by atoms with Gasteiger partial charge in [-0.2, -0.15) is 31.3 Å². The van der Waals surface area contributed by atoms with Crippen molar-refractivity contribution in [1.82, 2.24) is 19.8 Å². The van der Waals surface area contributed by atoms with Crippen LogP contribution in [0.3, 0.4) is 0 Å². The molecule has 1 aromatic heterocycles. The molecule has 0 bridgehead atoms. The van der Waals surface area contributed by atoms with Crippen molar-refractivity contribution in [2.24, 2.45) is 0 Å². The largest absolute Gasteiger partial charge is 0.471 e. The number of para-hydroxylation sites is 1. The third-order valence-electron chi connectivity index (χ3n) is 8.52. The van der Waals surface area contributed by atoms with Crippen LogP contribution in [0.2, 0.25) is 0 Å². The summed E-state index contributed by atoms with van der Waals surface area (Å²) in [5.41, 5.74) is -0.191. The molecular weight excluding hydrogens is 618 g/mol. The van der Waals surface area contributed by atoms with Crippen molar-refractivity contribution in [3.8, 4) is 0 Å². The average Bonchev–Trinajstić information content (AvgIpc) is 3.02. The smallest absolute Gasteiger partial charge is 0.369 e. The number of halogens is 6. The highest BCUT2D eigenvalue weighted by Gasteiger charge is 2.49. The van der Waals surface area contributed by atoms with E-state index in [-0.39, 0.29) is 35.2 Å². The Morgan fingerprint density at radius 3 is 2.28 bits per heavy atom. The number of amides is 3. The minimum atomic E-state index is -5.39. The van der Waals surface area contributed by atoms with Crippen LogP contribution in [-0.4, -0.2) is 84.7 Å². The molecule has 6 rings (SSSR count). The van der Waals surface area contributed by atoms with Crippen LogP contribution < -0.4 is 20.0 Å². The van der Waals surface area contributed by atoms with E-state index in [9.17, 15) is 35.9 Å². The molecule has 0 radical (unpaired) electrons. The molecular formula is C30H30F6N8O2. The number of anilines is 5. The Kier molecular flexibility index (Phi) is 7.94. The van der Waals surface area contributed by atoms with Gasteiger partial charge in [-0.15, -0.1) is 0 Å². The molecule has 3 aliphatic heterocycles. The molecule has 244 valence electrons. The molecule has 0 saturated carbocycles. The molecule has 0 aliphatic carbocycles. The first-order valence-corrected chi connectivity index (χ1v) is 14.5. The lowest BCUT2D eigenvalue weighted by Gasteiger charge is -2.44. The Morgan fingerprint density at radius 1 is 0.935 bits per heavy atom. The molecule has 1 N–H and O–H groups in total. The van der Waals surface area contributed by atoms with Gasteiger partial charge in [0.1, 0.15) is 5.82 Å². The van der Waals surface area contributed by atoms with E-state index in [1.807, 2.05) is 24.3 Å². The van der Waals surface area contributed by atoms with Gasteiger partial charge in [0.25, 0.3) is 0 Å². The average molecular weight is 649 g/mol. The van der Waals surface area contributed by atoms with E-state index in [2.05, 4.69) is 32.1 Å². The Bertz CT molecular complexity index is 1640. The molecule has 46 heavy (non-hydrogen) atoms. The summed E-state index contributed by atoms with van der Waals surface area (Å²) in [5.74, 6) is -1.90. The molecule has 10 nitrogen and oxygen atoms in total. The van der Waals surface area contributed by atoms with Crippen molar-refractivity contribution in [3.63, 3.8) is 0 Å². The van der Waals surface area contributed by atoms with Crippen molar-refractivity contribution in [1.29, 1.82) is 0 Å². The van der Waals surface area contributed by atoms with Crippen LogP contribution in [0, 0.1) is 0 Å². The number of rotatable bonds is 4. The van der Waals surface area contributed by atoms with Crippen LogP contribution in [0.25, 0.3) is 0 Å². The summed E-state index contributed by atoms with van der Waals surface area (Å²) in [6, 6.07) is 9.02. The van der Waals surface area contributed by atoms with Crippen molar-refractivity contribution in [2.75, 3.05) is 66.8 Å². The quantitative estimate of drug-likeness (QED) is 0.379. The van der Waals surface area contributed by atoms with Crippen molar-refractivity contribution in [2.45, 2.75) is 31.4 Å². The second kappa shape index (κ2) is 11.6. The predicted octanol–water partition coefficient (Wildman–Crippen LogP) is 5.40. The van der Waals surface area contributed by atoms with Crippen LogP contribution in [0.15, 0.2) is 48.7 Å². The van der Waals surface area contributed by atoms with E-state index in [1.165, 1.54) is 29.1 Å². The van der Waals surface area contributed by atoms with E-state index in [0.717, 1.165) is 43.6 Å². The summed E-state index contributed by atoms with van der Waals surface area (Å²) in [7, 11) is 3.54.